The molecule has 0 amide bonds. The topological polar surface area (TPSA) is 44.5 Å². The Morgan fingerprint density at radius 1 is 1.53 bits per heavy atom. The lowest BCUT2D eigenvalue weighted by molar-refractivity contribution is 0.0901. The van der Waals surface area contributed by atoms with Crippen LogP contribution in [-0.4, -0.2) is 25.4 Å². The van der Waals surface area contributed by atoms with E-state index in [0.717, 1.165) is 41.7 Å². The van der Waals surface area contributed by atoms with Crippen molar-refractivity contribution in [3.05, 3.63) is 28.2 Å². The van der Waals surface area contributed by atoms with E-state index >= 15 is 0 Å². The zero-order chi connectivity index (χ0) is 13.7. The molecular weight excluding hydrogens is 306 g/mol. The second kappa shape index (κ2) is 7.27. The number of ether oxygens (including phenoxy) is 2. The molecule has 1 aliphatic heterocycles. The third-order valence-electron chi connectivity index (χ3n) is 3.30. The molecule has 0 saturated carbocycles. The molecule has 1 fully saturated rings. The van der Waals surface area contributed by atoms with Crippen molar-refractivity contribution in [3.63, 3.8) is 0 Å². The lowest BCUT2D eigenvalue weighted by Crippen LogP contribution is -2.19. The molecule has 0 spiro atoms. The molecule has 1 aromatic rings. The third-order valence-corrected chi connectivity index (χ3v) is 3.93. The van der Waals surface area contributed by atoms with Gasteiger partial charge in [-0.05, 0) is 53.7 Å². The summed E-state index contributed by atoms with van der Waals surface area (Å²) in [6.45, 7) is 3.60. The van der Waals surface area contributed by atoms with E-state index in [0.29, 0.717) is 12.7 Å². The molecule has 2 N–H and O–H groups in total. The normalized spacial score (nSPS) is 20.5. The maximum Gasteiger partial charge on any atom is 0.136 e. The molecule has 0 aliphatic carbocycles. The second-order valence-electron chi connectivity index (χ2n) is 5.18. The van der Waals surface area contributed by atoms with Crippen LogP contribution >= 0.6 is 15.9 Å². The van der Waals surface area contributed by atoms with E-state index in [-0.39, 0.29) is 6.04 Å². The molecule has 1 heterocycles. The van der Waals surface area contributed by atoms with Crippen molar-refractivity contribution in [2.75, 3.05) is 13.2 Å². The van der Waals surface area contributed by atoms with Gasteiger partial charge < -0.3 is 15.2 Å². The molecule has 3 nitrogen and oxygen atoms in total. The first-order valence-corrected chi connectivity index (χ1v) is 7.73. The van der Waals surface area contributed by atoms with E-state index in [9.17, 15) is 0 Å². The average Bonchev–Trinajstić information content (AvgIpc) is 2.85. The predicted molar refractivity (Wildman–Crippen MR) is 80.6 cm³/mol. The SMILES string of the molecule is CC(N)Cc1cccc(Br)c1OCCC1CCCO1. The minimum Gasteiger partial charge on any atom is -0.492 e. The summed E-state index contributed by atoms with van der Waals surface area (Å²) in [6, 6.07) is 6.24. The Morgan fingerprint density at radius 2 is 2.37 bits per heavy atom. The smallest absolute Gasteiger partial charge is 0.136 e. The molecule has 2 unspecified atom stereocenters. The first-order valence-electron chi connectivity index (χ1n) is 6.94. The van der Waals surface area contributed by atoms with Crippen LogP contribution in [0.15, 0.2) is 22.7 Å². The fourth-order valence-electron chi connectivity index (χ4n) is 2.39. The molecule has 2 rings (SSSR count). The zero-order valence-electron chi connectivity index (χ0n) is 11.4. The number of rotatable bonds is 6. The maximum absolute atomic E-state index is 5.95. The molecule has 0 radical (unpaired) electrons. The van der Waals surface area contributed by atoms with Crippen LogP contribution in [0.4, 0.5) is 0 Å². The number of halogens is 1. The summed E-state index contributed by atoms with van der Waals surface area (Å²) >= 11 is 3.55. The number of hydrogen-bond donors (Lipinski definition) is 1. The standard InChI is InChI=1S/C15H22BrNO2/c1-11(17)10-12-4-2-6-14(16)15(12)19-9-7-13-5-3-8-18-13/h2,4,6,11,13H,3,5,7-10,17H2,1H3. The highest BCUT2D eigenvalue weighted by Gasteiger charge is 2.16. The minimum absolute atomic E-state index is 0.134. The van der Waals surface area contributed by atoms with Gasteiger partial charge in [-0.25, -0.2) is 0 Å². The number of hydrogen-bond acceptors (Lipinski definition) is 3. The highest BCUT2D eigenvalue weighted by Crippen LogP contribution is 2.30. The Kier molecular flexibility index (Phi) is 5.67. The van der Waals surface area contributed by atoms with Gasteiger partial charge in [-0.1, -0.05) is 12.1 Å². The summed E-state index contributed by atoms with van der Waals surface area (Å²) in [4.78, 5) is 0. The highest BCUT2D eigenvalue weighted by molar-refractivity contribution is 9.10. The molecule has 2 atom stereocenters. The molecule has 4 heteroatoms. The van der Waals surface area contributed by atoms with Gasteiger partial charge in [0.2, 0.25) is 0 Å². The first-order chi connectivity index (χ1) is 9.16. The second-order valence-corrected chi connectivity index (χ2v) is 6.04. The average molecular weight is 328 g/mol. The number of benzene rings is 1. The van der Waals surface area contributed by atoms with E-state index in [2.05, 4.69) is 22.0 Å². The summed E-state index contributed by atoms with van der Waals surface area (Å²) in [6.07, 6.45) is 4.49. The van der Waals surface area contributed by atoms with Crippen molar-refractivity contribution >= 4 is 15.9 Å². The van der Waals surface area contributed by atoms with E-state index in [1.54, 1.807) is 0 Å². The quantitative estimate of drug-likeness (QED) is 0.871. The van der Waals surface area contributed by atoms with Gasteiger partial charge >= 0.3 is 0 Å². The van der Waals surface area contributed by atoms with Gasteiger partial charge in [-0.2, -0.15) is 0 Å². The molecular formula is C15H22BrNO2. The van der Waals surface area contributed by atoms with Gasteiger partial charge in [0.05, 0.1) is 17.2 Å². The van der Waals surface area contributed by atoms with Crippen LogP contribution in [0.1, 0.15) is 31.7 Å². The van der Waals surface area contributed by atoms with Gasteiger partial charge in [-0.15, -0.1) is 0 Å². The Bertz CT molecular complexity index is 403. The number of para-hydroxylation sites is 1. The Labute approximate surface area is 123 Å². The maximum atomic E-state index is 5.95. The van der Waals surface area contributed by atoms with Crippen molar-refractivity contribution in [2.24, 2.45) is 5.73 Å². The van der Waals surface area contributed by atoms with Gasteiger partial charge in [0.15, 0.2) is 0 Å². The Morgan fingerprint density at radius 3 is 3.05 bits per heavy atom. The van der Waals surface area contributed by atoms with Crippen LogP contribution in [0.3, 0.4) is 0 Å². The van der Waals surface area contributed by atoms with Gasteiger partial charge in [0.1, 0.15) is 5.75 Å². The van der Waals surface area contributed by atoms with E-state index in [1.165, 1.54) is 6.42 Å². The summed E-state index contributed by atoms with van der Waals surface area (Å²) in [5.74, 6) is 0.929. The van der Waals surface area contributed by atoms with Crippen molar-refractivity contribution < 1.29 is 9.47 Å². The van der Waals surface area contributed by atoms with Crippen LogP contribution in [0.25, 0.3) is 0 Å². The summed E-state index contributed by atoms with van der Waals surface area (Å²) in [7, 11) is 0. The lowest BCUT2D eigenvalue weighted by Gasteiger charge is -2.16. The summed E-state index contributed by atoms with van der Waals surface area (Å²) in [5, 5.41) is 0. The van der Waals surface area contributed by atoms with E-state index < -0.39 is 0 Å². The highest BCUT2D eigenvalue weighted by atomic mass is 79.9. The fourth-order valence-corrected chi connectivity index (χ4v) is 2.91. The largest absolute Gasteiger partial charge is 0.492 e. The molecule has 19 heavy (non-hydrogen) atoms. The number of nitrogens with two attached hydrogens (primary N) is 1. The lowest BCUT2D eigenvalue weighted by atomic mass is 10.1. The van der Waals surface area contributed by atoms with Crippen LogP contribution in [0, 0.1) is 0 Å². The minimum atomic E-state index is 0.134. The predicted octanol–water partition coefficient (Wildman–Crippen LogP) is 3.29. The Hall–Kier alpha value is -0.580. The molecule has 0 aromatic heterocycles. The molecule has 1 saturated heterocycles. The van der Waals surface area contributed by atoms with Crippen molar-refractivity contribution in [1.82, 2.24) is 0 Å². The summed E-state index contributed by atoms with van der Waals surface area (Å²) < 4.78 is 12.6. The van der Waals surface area contributed by atoms with Crippen LogP contribution in [0.5, 0.6) is 5.75 Å². The van der Waals surface area contributed by atoms with E-state index in [4.69, 9.17) is 15.2 Å². The van der Waals surface area contributed by atoms with Gasteiger partial charge in [0.25, 0.3) is 0 Å². The van der Waals surface area contributed by atoms with Crippen LogP contribution in [-0.2, 0) is 11.2 Å². The van der Waals surface area contributed by atoms with Gasteiger partial charge in [0, 0.05) is 19.1 Å². The zero-order valence-corrected chi connectivity index (χ0v) is 13.0. The van der Waals surface area contributed by atoms with Crippen LogP contribution < -0.4 is 10.5 Å². The third kappa shape index (κ3) is 4.48. The monoisotopic (exact) mass is 327 g/mol. The van der Waals surface area contributed by atoms with Crippen molar-refractivity contribution in [3.8, 4) is 5.75 Å². The van der Waals surface area contributed by atoms with Crippen molar-refractivity contribution in [1.29, 1.82) is 0 Å². The molecule has 1 aliphatic rings. The summed E-state index contributed by atoms with van der Waals surface area (Å²) in [5.41, 5.74) is 7.04. The van der Waals surface area contributed by atoms with E-state index in [1.807, 2.05) is 19.1 Å². The molecule has 0 bridgehead atoms. The van der Waals surface area contributed by atoms with Crippen LogP contribution in [0.2, 0.25) is 0 Å². The Balaban J connectivity index is 1.93. The fraction of sp³-hybridized carbons (Fsp3) is 0.600. The van der Waals surface area contributed by atoms with Gasteiger partial charge in [-0.3, -0.25) is 0 Å². The van der Waals surface area contributed by atoms with Crippen molar-refractivity contribution in [2.45, 2.75) is 44.8 Å². The molecule has 106 valence electrons. The molecule has 1 aromatic carbocycles. The first kappa shape index (κ1) is 14.8.